The first-order valence-corrected chi connectivity index (χ1v) is 5.04. The van der Waals surface area contributed by atoms with E-state index in [1.807, 2.05) is 0 Å². The standard InChI is InChI=1S/C11H17N/c1-9-5-10(2)7-11(3-4-11)8-12(10)6-9/h1,3-8H2,2H3. The summed E-state index contributed by atoms with van der Waals surface area (Å²) in [6.45, 7) is 9.08. The Kier molecular flexibility index (Phi) is 1.07. The van der Waals surface area contributed by atoms with Crippen LogP contribution in [0.3, 0.4) is 0 Å². The maximum absolute atomic E-state index is 4.11. The molecule has 1 heteroatoms. The van der Waals surface area contributed by atoms with Gasteiger partial charge in [-0.1, -0.05) is 12.2 Å². The largest absolute Gasteiger partial charge is 0.293 e. The molecule has 2 saturated heterocycles. The van der Waals surface area contributed by atoms with E-state index < -0.39 is 0 Å². The van der Waals surface area contributed by atoms with E-state index in [1.165, 1.54) is 44.3 Å². The SMILES string of the molecule is C=C1CN2CC3(CC3)CC2(C)C1. The van der Waals surface area contributed by atoms with Gasteiger partial charge in [-0.25, -0.2) is 0 Å². The zero-order valence-corrected chi connectivity index (χ0v) is 7.90. The fraction of sp³-hybridized carbons (Fsp3) is 0.818. The Morgan fingerprint density at radius 3 is 2.75 bits per heavy atom. The Bertz CT molecular complexity index is 252. The van der Waals surface area contributed by atoms with Crippen LogP contribution in [0.4, 0.5) is 0 Å². The highest BCUT2D eigenvalue weighted by molar-refractivity contribution is 5.21. The summed E-state index contributed by atoms with van der Waals surface area (Å²) in [5.74, 6) is 0. The summed E-state index contributed by atoms with van der Waals surface area (Å²) in [5.41, 5.74) is 2.73. The van der Waals surface area contributed by atoms with E-state index in [-0.39, 0.29) is 0 Å². The lowest BCUT2D eigenvalue weighted by atomic mass is 9.89. The molecule has 1 saturated carbocycles. The smallest absolute Gasteiger partial charge is 0.0228 e. The van der Waals surface area contributed by atoms with Crippen molar-refractivity contribution >= 4 is 0 Å². The molecule has 1 atom stereocenters. The summed E-state index contributed by atoms with van der Waals surface area (Å²) in [4.78, 5) is 2.67. The molecule has 3 rings (SSSR count). The molecule has 0 N–H and O–H groups in total. The molecular weight excluding hydrogens is 146 g/mol. The van der Waals surface area contributed by atoms with Gasteiger partial charge in [0.05, 0.1) is 0 Å². The van der Waals surface area contributed by atoms with Gasteiger partial charge in [-0.05, 0) is 38.0 Å². The van der Waals surface area contributed by atoms with Gasteiger partial charge in [-0.2, -0.15) is 0 Å². The first-order valence-electron chi connectivity index (χ1n) is 5.04. The van der Waals surface area contributed by atoms with Gasteiger partial charge in [0.2, 0.25) is 0 Å². The quantitative estimate of drug-likeness (QED) is 0.495. The van der Waals surface area contributed by atoms with Crippen molar-refractivity contribution in [1.82, 2.24) is 4.90 Å². The summed E-state index contributed by atoms with van der Waals surface area (Å²) in [6, 6.07) is 0. The minimum Gasteiger partial charge on any atom is -0.293 e. The molecule has 0 aromatic heterocycles. The summed E-state index contributed by atoms with van der Waals surface area (Å²) in [6.07, 6.45) is 5.69. The first-order chi connectivity index (χ1) is 5.62. The van der Waals surface area contributed by atoms with Crippen molar-refractivity contribution < 1.29 is 0 Å². The van der Waals surface area contributed by atoms with Crippen molar-refractivity contribution in [2.24, 2.45) is 5.41 Å². The Morgan fingerprint density at radius 2 is 2.17 bits per heavy atom. The van der Waals surface area contributed by atoms with E-state index in [2.05, 4.69) is 18.4 Å². The van der Waals surface area contributed by atoms with E-state index in [0.717, 1.165) is 5.41 Å². The summed E-state index contributed by atoms with van der Waals surface area (Å²) < 4.78 is 0. The molecule has 1 spiro atoms. The summed E-state index contributed by atoms with van der Waals surface area (Å²) in [5, 5.41) is 0. The molecule has 12 heavy (non-hydrogen) atoms. The molecule has 66 valence electrons. The summed E-state index contributed by atoms with van der Waals surface area (Å²) >= 11 is 0. The van der Waals surface area contributed by atoms with Crippen LogP contribution < -0.4 is 0 Å². The van der Waals surface area contributed by atoms with Crippen LogP contribution in [0.15, 0.2) is 12.2 Å². The number of hydrogen-bond acceptors (Lipinski definition) is 1. The van der Waals surface area contributed by atoms with E-state index in [9.17, 15) is 0 Å². The molecule has 3 fully saturated rings. The molecule has 0 radical (unpaired) electrons. The first kappa shape index (κ1) is 7.14. The van der Waals surface area contributed by atoms with E-state index >= 15 is 0 Å². The fourth-order valence-corrected chi connectivity index (χ4v) is 3.37. The zero-order chi connectivity index (χ0) is 8.40. The average Bonchev–Trinajstić information content (AvgIpc) is 2.52. The molecule has 1 nitrogen and oxygen atoms in total. The number of nitrogens with zero attached hydrogens (tertiary/aromatic N) is 1. The number of hydrogen-bond donors (Lipinski definition) is 0. The molecule has 0 bridgehead atoms. The minimum atomic E-state index is 0.508. The highest BCUT2D eigenvalue weighted by atomic mass is 15.3. The van der Waals surface area contributed by atoms with Gasteiger partial charge in [0.15, 0.2) is 0 Å². The third kappa shape index (κ3) is 0.779. The molecule has 1 unspecified atom stereocenters. The average molecular weight is 163 g/mol. The number of fused-ring (bicyclic) bond motifs is 1. The van der Waals surface area contributed by atoms with Gasteiger partial charge in [0.1, 0.15) is 0 Å². The van der Waals surface area contributed by atoms with Crippen LogP contribution >= 0.6 is 0 Å². The van der Waals surface area contributed by atoms with Gasteiger partial charge < -0.3 is 0 Å². The van der Waals surface area contributed by atoms with Crippen molar-refractivity contribution in [1.29, 1.82) is 0 Å². The second kappa shape index (κ2) is 1.79. The highest BCUT2D eigenvalue weighted by Crippen LogP contribution is 2.60. The molecule has 0 aromatic rings. The molecule has 2 aliphatic heterocycles. The second-order valence-electron chi connectivity index (χ2n) is 5.46. The van der Waals surface area contributed by atoms with Gasteiger partial charge in [-0.15, -0.1) is 0 Å². The van der Waals surface area contributed by atoms with Gasteiger partial charge in [-0.3, -0.25) is 4.90 Å². The van der Waals surface area contributed by atoms with Crippen molar-refractivity contribution in [3.05, 3.63) is 12.2 Å². The normalized spacial score (nSPS) is 43.9. The van der Waals surface area contributed by atoms with Gasteiger partial charge in [0.25, 0.3) is 0 Å². The molecule has 2 heterocycles. The van der Waals surface area contributed by atoms with Crippen LogP contribution in [0.5, 0.6) is 0 Å². The molecule has 1 aliphatic carbocycles. The van der Waals surface area contributed by atoms with Crippen molar-refractivity contribution in [2.45, 2.75) is 38.1 Å². The Labute approximate surface area is 74.4 Å². The van der Waals surface area contributed by atoms with Crippen molar-refractivity contribution in [2.75, 3.05) is 13.1 Å². The third-order valence-corrected chi connectivity index (χ3v) is 4.05. The van der Waals surface area contributed by atoms with E-state index in [1.54, 1.807) is 0 Å². The molecule has 3 aliphatic rings. The van der Waals surface area contributed by atoms with Crippen LogP contribution in [0, 0.1) is 5.41 Å². The fourth-order valence-electron chi connectivity index (χ4n) is 3.37. The maximum Gasteiger partial charge on any atom is 0.0228 e. The van der Waals surface area contributed by atoms with Crippen LogP contribution in [0.1, 0.15) is 32.6 Å². The Hall–Kier alpha value is -0.300. The Balaban J connectivity index is 1.90. The minimum absolute atomic E-state index is 0.508. The lowest BCUT2D eigenvalue weighted by Gasteiger charge is -2.25. The maximum atomic E-state index is 4.11. The molecular formula is C11H17N. The van der Waals surface area contributed by atoms with Gasteiger partial charge >= 0.3 is 0 Å². The van der Waals surface area contributed by atoms with Crippen LogP contribution in [0.2, 0.25) is 0 Å². The van der Waals surface area contributed by atoms with Crippen molar-refractivity contribution in [3.8, 4) is 0 Å². The third-order valence-electron chi connectivity index (χ3n) is 4.05. The highest BCUT2D eigenvalue weighted by Gasteiger charge is 2.58. The molecule has 0 aromatic carbocycles. The van der Waals surface area contributed by atoms with Crippen LogP contribution in [-0.4, -0.2) is 23.5 Å². The molecule has 0 amide bonds. The van der Waals surface area contributed by atoms with Crippen LogP contribution in [0.25, 0.3) is 0 Å². The van der Waals surface area contributed by atoms with E-state index in [4.69, 9.17) is 0 Å². The predicted octanol–water partition coefficient (Wildman–Crippen LogP) is 2.19. The van der Waals surface area contributed by atoms with Crippen LogP contribution in [-0.2, 0) is 0 Å². The Morgan fingerprint density at radius 1 is 1.42 bits per heavy atom. The number of rotatable bonds is 0. The lowest BCUT2D eigenvalue weighted by molar-refractivity contribution is 0.218. The summed E-state index contributed by atoms with van der Waals surface area (Å²) in [7, 11) is 0. The van der Waals surface area contributed by atoms with Crippen molar-refractivity contribution in [3.63, 3.8) is 0 Å². The van der Waals surface area contributed by atoms with Gasteiger partial charge in [0, 0.05) is 18.6 Å². The van der Waals surface area contributed by atoms with E-state index in [0.29, 0.717) is 5.54 Å². The zero-order valence-electron chi connectivity index (χ0n) is 7.90. The monoisotopic (exact) mass is 163 g/mol. The second-order valence-corrected chi connectivity index (χ2v) is 5.46. The topological polar surface area (TPSA) is 3.24 Å². The lowest BCUT2D eigenvalue weighted by Crippen LogP contribution is -2.34. The predicted molar refractivity (Wildman–Crippen MR) is 50.0 cm³/mol.